The number of aryl methyl sites for hydroxylation is 2. The maximum Gasteiger partial charge on any atom is 0.336 e. The van der Waals surface area contributed by atoms with E-state index in [0.29, 0.717) is 17.7 Å². The van der Waals surface area contributed by atoms with Crippen molar-refractivity contribution in [1.82, 2.24) is 4.57 Å². The molecule has 4 heteroatoms. The van der Waals surface area contributed by atoms with Crippen molar-refractivity contribution >= 4 is 23.2 Å². The third-order valence-electron chi connectivity index (χ3n) is 2.96. The molecule has 1 aromatic carbocycles. The highest BCUT2D eigenvalue weighted by atomic mass is 16.4. The number of hydrogen-bond donors (Lipinski definition) is 1. The topological polar surface area (TPSA) is 59.3 Å². The smallest absolute Gasteiger partial charge is 0.336 e. The highest BCUT2D eigenvalue weighted by Crippen LogP contribution is 2.24. The maximum atomic E-state index is 11.1. The van der Waals surface area contributed by atoms with Crippen molar-refractivity contribution in [2.24, 2.45) is 0 Å². The maximum absolute atomic E-state index is 11.1. The van der Waals surface area contributed by atoms with Crippen LogP contribution in [0.2, 0.25) is 0 Å². The first-order valence-corrected chi connectivity index (χ1v) is 5.40. The molecule has 0 bridgehead atoms. The van der Waals surface area contributed by atoms with Crippen molar-refractivity contribution < 1.29 is 14.7 Å². The van der Waals surface area contributed by atoms with Crippen LogP contribution in [-0.4, -0.2) is 21.9 Å². The zero-order valence-electron chi connectivity index (χ0n) is 9.73. The van der Waals surface area contributed by atoms with Crippen LogP contribution in [0, 0.1) is 6.92 Å². The van der Waals surface area contributed by atoms with Gasteiger partial charge in [0.1, 0.15) is 0 Å². The molecule has 0 saturated heterocycles. The van der Waals surface area contributed by atoms with Crippen LogP contribution < -0.4 is 0 Å². The molecule has 0 amide bonds. The van der Waals surface area contributed by atoms with Gasteiger partial charge in [-0.25, -0.2) is 4.79 Å². The van der Waals surface area contributed by atoms with Gasteiger partial charge in [-0.3, -0.25) is 4.79 Å². The third-order valence-corrected chi connectivity index (χ3v) is 2.96. The van der Waals surface area contributed by atoms with Gasteiger partial charge >= 0.3 is 5.97 Å². The number of aromatic carboxylic acids is 1. The zero-order valence-corrected chi connectivity index (χ0v) is 9.73. The number of fused-ring (bicyclic) bond motifs is 1. The largest absolute Gasteiger partial charge is 0.478 e. The van der Waals surface area contributed by atoms with Gasteiger partial charge in [0.15, 0.2) is 6.29 Å². The summed E-state index contributed by atoms with van der Waals surface area (Å²) in [5, 5.41) is 9.88. The Kier molecular flexibility index (Phi) is 2.71. The molecule has 1 aromatic heterocycles. The molecule has 0 aliphatic carbocycles. The summed E-state index contributed by atoms with van der Waals surface area (Å²) in [5.74, 6) is -0.944. The van der Waals surface area contributed by atoms with Gasteiger partial charge in [0.2, 0.25) is 0 Å². The molecular weight excluding hydrogens is 218 g/mol. The van der Waals surface area contributed by atoms with Gasteiger partial charge in [-0.05, 0) is 31.5 Å². The Morgan fingerprint density at radius 2 is 2.18 bits per heavy atom. The minimum Gasteiger partial charge on any atom is -0.478 e. The van der Waals surface area contributed by atoms with E-state index in [1.165, 1.54) is 0 Å². The van der Waals surface area contributed by atoms with Crippen LogP contribution in [0.4, 0.5) is 0 Å². The number of aldehydes is 1. The minimum atomic E-state index is -0.944. The van der Waals surface area contributed by atoms with Crippen LogP contribution in [-0.2, 0) is 6.54 Å². The predicted octanol–water partition coefficient (Wildman–Crippen LogP) is 2.48. The average molecular weight is 231 g/mol. The fourth-order valence-electron chi connectivity index (χ4n) is 2.06. The first kappa shape index (κ1) is 11.4. The Balaban J connectivity index is 2.84. The van der Waals surface area contributed by atoms with Gasteiger partial charge < -0.3 is 9.67 Å². The molecule has 2 rings (SSSR count). The number of carbonyl (C=O) groups is 2. The van der Waals surface area contributed by atoms with Crippen LogP contribution in [0.3, 0.4) is 0 Å². The van der Waals surface area contributed by atoms with E-state index in [-0.39, 0.29) is 5.56 Å². The molecule has 0 radical (unpaired) electrons. The first-order chi connectivity index (χ1) is 8.08. The van der Waals surface area contributed by atoms with Gasteiger partial charge in [0, 0.05) is 29.2 Å². The fraction of sp³-hybridized carbons (Fsp3) is 0.231. The summed E-state index contributed by atoms with van der Waals surface area (Å²) in [6.45, 7) is 4.39. The second-order valence-corrected chi connectivity index (χ2v) is 3.98. The molecule has 0 unspecified atom stereocenters. The summed E-state index contributed by atoms with van der Waals surface area (Å²) >= 11 is 0. The van der Waals surface area contributed by atoms with Gasteiger partial charge in [-0.2, -0.15) is 0 Å². The van der Waals surface area contributed by atoms with Crippen LogP contribution in [0.1, 0.15) is 33.2 Å². The number of carbonyl (C=O) groups excluding carboxylic acids is 1. The summed E-state index contributed by atoms with van der Waals surface area (Å²) in [4.78, 5) is 22.0. The number of nitrogens with zero attached hydrogens (tertiary/aromatic N) is 1. The van der Waals surface area contributed by atoms with Crippen LogP contribution >= 0.6 is 0 Å². The quantitative estimate of drug-likeness (QED) is 0.825. The van der Waals surface area contributed by atoms with Crippen molar-refractivity contribution in [1.29, 1.82) is 0 Å². The second-order valence-electron chi connectivity index (χ2n) is 3.98. The molecular formula is C13H13NO3. The van der Waals surface area contributed by atoms with Crippen molar-refractivity contribution in [3.05, 3.63) is 35.0 Å². The normalized spacial score (nSPS) is 10.7. The molecule has 0 aliphatic heterocycles. The number of aromatic nitrogens is 1. The van der Waals surface area contributed by atoms with Crippen molar-refractivity contribution in [3.8, 4) is 0 Å². The van der Waals surface area contributed by atoms with Crippen molar-refractivity contribution in [3.63, 3.8) is 0 Å². The van der Waals surface area contributed by atoms with Gasteiger partial charge in [0.05, 0.1) is 5.56 Å². The lowest BCUT2D eigenvalue weighted by molar-refractivity contribution is 0.0696. The van der Waals surface area contributed by atoms with Crippen LogP contribution in [0.15, 0.2) is 18.3 Å². The number of rotatable bonds is 3. The highest BCUT2D eigenvalue weighted by molar-refractivity contribution is 6.02. The molecule has 17 heavy (non-hydrogen) atoms. The molecule has 2 aromatic rings. The number of carboxylic acid groups (broad SMARTS) is 1. The van der Waals surface area contributed by atoms with Crippen LogP contribution in [0.25, 0.3) is 10.9 Å². The molecule has 4 nitrogen and oxygen atoms in total. The Morgan fingerprint density at radius 3 is 2.71 bits per heavy atom. The highest BCUT2D eigenvalue weighted by Gasteiger charge is 2.13. The predicted molar refractivity (Wildman–Crippen MR) is 64.7 cm³/mol. The molecule has 0 fully saturated rings. The standard InChI is InChI=1S/C13H13NO3/c1-3-14-6-9(7-15)11-4-8(2)10(13(16)17)5-12(11)14/h4-7H,3H2,1-2H3,(H,16,17). The number of benzene rings is 1. The SMILES string of the molecule is CCn1cc(C=O)c2cc(C)c(C(=O)O)cc21. The van der Waals surface area contributed by atoms with Crippen molar-refractivity contribution in [2.45, 2.75) is 20.4 Å². The summed E-state index contributed by atoms with van der Waals surface area (Å²) < 4.78 is 1.88. The van der Waals surface area contributed by atoms with E-state index in [0.717, 1.165) is 17.2 Å². The lowest BCUT2D eigenvalue weighted by Gasteiger charge is -2.04. The number of carboxylic acids is 1. The van der Waals surface area contributed by atoms with E-state index in [1.54, 1.807) is 25.3 Å². The lowest BCUT2D eigenvalue weighted by Crippen LogP contribution is -2.00. The molecule has 88 valence electrons. The average Bonchev–Trinajstić information content (AvgIpc) is 2.64. The molecule has 0 atom stereocenters. The summed E-state index contributed by atoms with van der Waals surface area (Å²) in [6, 6.07) is 3.39. The summed E-state index contributed by atoms with van der Waals surface area (Å²) in [6.07, 6.45) is 2.55. The monoisotopic (exact) mass is 231 g/mol. The van der Waals surface area contributed by atoms with Gasteiger partial charge in [0.25, 0.3) is 0 Å². The Bertz CT molecular complexity index is 611. The Morgan fingerprint density at radius 1 is 1.47 bits per heavy atom. The van der Waals surface area contributed by atoms with E-state index in [9.17, 15) is 9.59 Å². The summed E-state index contributed by atoms with van der Waals surface area (Å²) in [5.41, 5.74) is 2.34. The Hall–Kier alpha value is -2.10. The summed E-state index contributed by atoms with van der Waals surface area (Å²) in [7, 11) is 0. The van der Waals surface area contributed by atoms with E-state index in [4.69, 9.17) is 5.11 Å². The number of hydrogen-bond acceptors (Lipinski definition) is 2. The van der Waals surface area contributed by atoms with E-state index in [1.807, 2.05) is 11.5 Å². The van der Waals surface area contributed by atoms with E-state index >= 15 is 0 Å². The third kappa shape index (κ3) is 1.71. The van der Waals surface area contributed by atoms with E-state index < -0.39 is 5.97 Å². The van der Waals surface area contributed by atoms with Crippen molar-refractivity contribution in [2.75, 3.05) is 0 Å². The van der Waals surface area contributed by atoms with Crippen LogP contribution in [0.5, 0.6) is 0 Å². The van der Waals surface area contributed by atoms with E-state index in [2.05, 4.69) is 0 Å². The lowest BCUT2D eigenvalue weighted by atomic mass is 10.0. The molecule has 1 N–H and O–H groups in total. The zero-order chi connectivity index (χ0) is 12.6. The first-order valence-electron chi connectivity index (χ1n) is 5.40. The molecule has 0 spiro atoms. The molecule has 1 heterocycles. The fourth-order valence-corrected chi connectivity index (χ4v) is 2.06. The minimum absolute atomic E-state index is 0.280. The van der Waals surface area contributed by atoms with Gasteiger partial charge in [-0.15, -0.1) is 0 Å². The Labute approximate surface area is 98.5 Å². The van der Waals surface area contributed by atoms with Gasteiger partial charge in [-0.1, -0.05) is 0 Å². The second kappa shape index (κ2) is 4.05. The molecule has 0 aliphatic rings. The molecule has 0 saturated carbocycles.